The topological polar surface area (TPSA) is 90.2 Å². The molecule has 1 unspecified atom stereocenters. The van der Waals surface area contributed by atoms with E-state index in [9.17, 15) is 9.59 Å². The largest absolute Gasteiger partial charge is 0.480 e. The Bertz CT molecular complexity index is 445. The minimum absolute atomic E-state index is 0.326. The third kappa shape index (κ3) is 2.82. The number of carboxylic acid groups (broad SMARTS) is 1. The summed E-state index contributed by atoms with van der Waals surface area (Å²) in [7, 11) is 0. The highest BCUT2D eigenvalue weighted by atomic mass is 16.4. The summed E-state index contributed by atoms with van der Waals surface area (Å²) in [6.45, 7) is 1.38. The van der Waals surface area contributed by atoms with Crippen LogP contribution in [-0.4, -0.2) is 23.0 Å². The molecule has 1 aromatic carbocycles. The predicted molar refractivity (Wildman–Crippen MR) is 55.7 cm³/mol. The first-order valence-corrected chi connectivity index (χ1v) is 4.58. The van der Waals surface area contributed by atoms with Crippen LogP contribution in [-0.2, 0) is 4.79 Å². The molecule has 5 heteroatoms. The lowest BCUT2D eigenvalue weighted by molar-refractivity contribution is -0.138. The summed E-state index contributed by atoms with van der Waals surface area (Å²) in [4.78, 5) is 22.0. The number of rotatable bonds is 3. The molecule has 0 aromatic heterocycles. The second kappa shape index (κ2) is 4.94. The van der Waals surface area contributed by atoms with Crippen LogP contribution in [0.15, 0.2) is 24.3 Å². The van der Waals surface area contributed by atoms with Gasteiger partial charge in [-0.15, -0.1) is 0 Å². The van der Waals surface area contributed by atoms with Crippen molar-refractivity contribution in [1.29, 1.82) is 5.26 Å². The summed E-state index contributed by atoms with van der Waals surface area (Å²) < 4.78 is 0. The maximum atomic E-state index is 11.5. The monoisotopic (exact) mass is 218 g/mol. The molecule has 0 aliphatic heterocycles. The average molecular weight is 218 g/mol. The normalized spacial score (nSPS) is 11.2. The van der Waals surface area contributed by atoms with Crippen LogP contribution >= 0.6 is 0 Å². The fourth-order valence-corrected chi connectivity index (χ4v) is 1.04. The van der Waals surface area contributed by atoms with Gasteiger partial charge in [0.2, 0.25) is 0 Å². The van der Waals surface area contributed by atoms with E-state index in [1.54, 1.807) is 0 Å². The third-order valence-corrected chi connectivity index (χ3v) is 1.99. The Labute approximate surface area is 92.3 Å². The predicted octanol–water partition coefficient (Wildman–Crippen LogP) is 0.761. The highest BCUT2D eigenvalue weighted by Crippen LogP contribution is 2.03. The molecule has 0 heterocycles. The van der Waals surface area contributed by atoms with Crippen LogP contribution in [0.2, 0.25) is 0 Å². The van der Waals surface area contributed by atoms with Gasteiger partial charge in [-0.05, 0) is 31.2 Å². The fourth-order valence-electron chi connectivity index (χ4n) is 1.04. The molecule has 0 radical (unpaired) electrons. The average Bonchev–Trinajstić information content (AvgIpc) is 2.28. The van der Waals surface area contributed by atoms with Gasteiger partial charge in [-0.3, -0.25) is 9.59 Å². The maximum Gasteiger partial charge on any atom is 0.325 e. The lowest BCUT2D eigenvalue weighted by Crippen LogP contribution is -2.38. The van der Waals surface area contributed by atoms with Crippen molar-refractivity contribution in [1.82, 2.24) is 5.32 Å². The Kier molecular flexibility index (Phi) is 3.62. The summed E-state index contributed by atoms with van der Waals surface area (Å²) in [5.74, 6) is -1.57. The number of carbonyl (C=O) groups is 2. The number of amides is 1. The number of hydrogen-bond acceptors (Lipinski definition) is 3. The lowest BCUT2D eigenvalue weighted by atomic mass is 10.1. The van der Waals surface area contributed by atoms with Crippen LogP contribution in [0.4, 0.5) is 0 Å². The molecule has 1 rings (SSSR count). The number of hydrogen-bond donors (Lipinski definition) is 2. The van der Waals surface area contributed by atoms with Crippen LogP contribution in [0.3, 0.4) is 0 Å². The summed E-state index contributed by atoms with van der Waals surface area (Å²) in [6, 6.07) is 6.93. The second-order valence-electron chi connectivity index (χ2n) is 3.22. The van der Waals surface area contributed by atoms with E-state index in [1.807, 2.05) is 6.07 Å². The van der Waals surface area contributed by atoms with Gasteiger partial charge in [0.15, 0.2) is 0 Å². The fraction of sp³-hybridized carbons (Fsp3) is 0.182. The van der Waals surface area contributed by atoms with Gasteiger partial charge in [0.25, 0.3) is 5.91 Å². The van der Waals surface area contributed by atoms with Crippen molar-refractivity contribution >= 4 is 11.9 Å². The van der Waals surface area contributed by atoms with Crippen molar-refractivity contribution in [2.75, 3.05) is 0 Å². The van der Waals surface area contributed by atoms with Crippen molar-refractivity contribution in [3.8, 4) is 6.07 Å². The van der Waals surface area contributed by atoms with Crippen molar-refractivity contribution < 1.29 is 14.7 Å². The molecular weight excluding hydrogens is 208 g/mol. The Morgan fingerprint density at radius 1 is 1.38 bits per heavy atom. The molecule has 82 valence electrons. The number of carboxylic acids is 1. The van der Waals surface area contributed by atoms with Gasteiger partial charge < -0.3 is 10.4 Å². The van der Waals surface area contributed by atoms with E-state index in [4.69, 9.17) is 10.4 Å². The molecular formula is C11H10N2O3. The van der Waals surface area contributed by atoms with Crippen LogP contribution in [0.1, 0.15) is 22.8 Å². The van der Waals surface area contributed by atoms with Gasteiger partial charge in [0.1, 0.15) is 6.04 Å². The van der Waals surface area contributed by atoms with Gasteiger partial charge in [-0.25, -0.2) is 0 Å². The van der Waals surface area contributed by atoms with Crippen LogP contribution < -0.4 is 5.32 Å². The molecule has 1 aromatic rings. The van der Waals surface area contributed by atoms with Gasteiger partial charge in [-0.1, -0.05) is 0 Å². The van der Waals surface area contributed by atoms with Gasteiger partial charge in [0.05, 0.1) is 11.6 Å². The Balaban J connectivity index is 2.74. The smallest absolute Gasteiger partial charge is 0.325 e. The first-order valence-electron chi connectivity index (χ1n) is 4.58. The van der Waals surface area contributed by atoms with Crippen molar-refractivity contribution in [2.24, 2.45) is 0 Å². The SMILES string of the molecule is CC(NC(=O)c1ccc(C#N)cc1)C(=O)O. The van der Waals surface area contributed by atoms with E-state index in [1.165, 1.54) is 31.2 Å². The van der Waals surface area contributed by atoms with Crippen molar-refractivity contribution in [3.63, 3.8) is 0 Å². The van der Waals surface area contributed by atoms with E-state index in [-0.39, 0.29) is 0 Å². The van der Waals surface area contributed by atoms with E-state index in [0.29, 0.717) is 11.1 Å². The molecule has 1 atom stereocenters. The van der Waals surface area contributed by atoms with Crippen LogP contribution in [0.25, 0.3) is 0 Å². The molecule has 0 saturated heterocycles. The first kappa shape index (κ1) is 11.7. The van der Waals surface area contributed by atoms with E-state index >= 15 is 0 Å². The van der Waals surface area contributed by atoms with Crippen molar-refractivity contribution in [2.45, 2.75) is 13.0 Å². The van der Waals surface area contributed by atoms with Crippen molar-refractivity contribution in [3.05, 3.63) is 35.4 Å². The number of aliphatic carboxylic acids is 1. The molecule has 0 bridgehead atoms. The van der Waals surface area contributed by atoms with E-state index in [2.05, 4.69) is 5.32 Å². The number of benzene rings is 1. The molecule has 2 N–H and O–H groups in total. The minimum atomic E-state index is -1.10. The second-order valence-corrected chi connectivity index (χ2v) is 3.22. The number of nitrogens with one attached hydrogen (secondary N) is 1. The number of nitrogens with zero attached hydrogens (tertiary/aromatic N) is 1. The van der Waals surface area contributed by atoms with E-state index < -0.39 is 17.9 Å². The Hall–Kier alpha value is -2.35. The summed E-state index contributed by atoms with van der Waals surface area (Å²) >= 11 is 0. The highest BCUT2D eigenvalue weighted by Gasteiger charge is 2.14. The highest BCUT2D eigenvalue weighted by molar-refractivity contribution is 5.96. The summed E-state index contributed by atoms with van der Waals surface area (Å²) in [6.07, 6.45) is 0. The quantitative estimate of drug-likeness (QED) is 0.783. The van der Waals surface area contributed by atoms with Crippen LogP contribution in [0, 0.1) is 11.3 Å². The lowest BCUT2D eigenvalue weighted by Gasteiger charge is -2.08. The van der Waals surface area contributed by atoms with Gasteiger partial charge >= 0.3 is 5.97 Å². The summed E-state index contributed by atoms with van der Waals surface area (Å²) in [5.41, 5.74) is 0.773. The van der Waals surface area contributed by atoms with Gasteiger partial charge in [0, 0.05) is 5.56 Å². The molecule has 5 nitrogen and oxygen atoms in total. The first-order chi connectivity index (χ1) is 7.54. The molecule has 0 spiro atoms. The standard InChI is InChI=1S/C11H10N2O3/c1-7(11(15)16)13-10(14)9-4-2-8(6-12)3-5-9/h2-5,7H,1H3,(H,13,14)(H,15,16). The summed E-state index contributed by atoms with van der Waals surface area (Å²) in [5, 5.41) is 19.5. The molecule has 0 aliphatic rings. The zero-order valence-electron chi connectivity index (χ0n) is 8.60. The number of carbonyl (C=O) groups excluding carboxylic acids is 1. The van der Waals surface area contributed by atoms with Crippen LogP contribution in [0.5, 0.6) is 0 Å². The molecule has 0 fully saturated rings. The molecule has 16 heavy (non-hydrogen) atoms. The molecule has 1 amide bonds. The minimum Gasteiger partial charge on any atom is -0.480 e. The van der Waals surface area contributed by atoms with Gasteiger partial charge in [-0.2, -0.15) is 5.26 Å². The third-order valence-electron chi connectivity index (χ3n) is 1.99. The Morgan fingerprint density at radius 2 is 1.94 bits per heavy atom. The maximum absolute atomic E-state index is 11.5. The molecule has 0 aliphatic carbocycles. The van der Waals surface area contributed by atoms with E-state index in [0.717, 1.165) is 0 Å². The number of nitriles is 1. The zero-order valence-corrected chi connectivity index (χ0v) is 8.60. The molecule has 0 saturated carbocycles. The zero-order chi connectivity index (χ0) is 12.1. The Morgan fingerprint density at radius 3 is 2.38 bits per heavy atom.